The Labute approximate surface area is 169 Å². The number of benzene rings is 2. The topological polar surface area (TPSA) is 58.2 Å². The maximum atomic E-state index is 13.7. The zero-order chi connectivity index (χ0) is 21.3. The molecule has 2 N–H and O–H groups in total. The summed E-state index contributed by atoms with van der Waals surface area (Å²) in [4.78, 5) is 24.7. The van der Waals surface area contributed by atoms with E-state index in [1.54, 1.807) is 12.1 Å². The van der Waals surface area contributed by atoms with Gasteiger partial charge in [0.25, 0.3) is 5.91 Å². The van der Waals surface area contributed by atoms with Crippen molar-refractivity contribution in [1.29, 1.82) is 0 Å². The molecule has 0 aliphatic carbocycles. The lowest BCUT2D eigenvalue weighted by atomic mass is 9.95. The molecule has 2 aromatic carbocycles. The fourth-order valence-electron chi connectivity index (χ4n) is 3.20. The zero-order valence-corrected chi connectivity index (χ0v) is 16.0. The maximum Gasteiger partial charge on any atom is 0.389 e. The molecule has 0 fully saturated rings. The first-order valence-electron chi connectivity index (χ1n) is 8.83. The van der Waals surface area contributed by atoms with Crippen LogP contribution in [-0.4, -0.2) is 18.0 Å². The number of carbonyl (C=O) groups excluding carboxylic acids is 2. The molecule has 9 heteroatoms. The van der Waals surface area contributed by atoms with Gasteiger partial charge in [-0.05, 0) is 36.8 Å². The molecule has 1 aliphatic rings. The van der Waals surface area contributed by atoms with Crippen molar-refractivity contribution in [3.63, 3.8) is 0 Å². The molecule has 0 saturated heterocycles. The normalized spacial score (nSPS) is 16.9. The third-order valence-electron chi connectivity index (χ3n) is 4.75. The Morgan fingerprint density at radius 3 is 2.69 bits per heavy atom. The SMILES string of the molecule is C[C@@H](CCC(F)(F)F)C(=O)Nc1cccc2c1[C@H](c1cc(F)ccc1Cl)NC2=O. The van der Waals surface area contributed by atoms with Crippen molar-refractivity contribution in [2.75, 3.05) is 5.32 Å². The van der Waals surface area contributed by atoms with Crippen molar-refractivity contribution in [2.45, 2.75) is 32.0 Å². The largest absolute Gasteiger partial charge is 0.389 e. The van der Waals surface area contributed by atoms with Crippen LogP contribution in [0.5, 0.6) is 0 Å². The summed E-state index contributed by atoms with van der Waals surface area (Å²) >= 11 is 6.17. The van der Waals surface area contributed by atoms with Crippen molar-refractivity contribution in [1.82, 2.24) is 5.32 Å². The molecule has 0 aromatic heterocycles. The van der Waals surface area contributed by atoms with Gasteiger partial charge in [-0.1, -0.05) is 24.6 Å². The Bertz CT molecular complexity index is 962. The van der Waals surface area contributed by atoms with Crippen LogP contribution in [0.2, 0.25) is 5.02 Å². The quantitative estimate of drug-likeness (QED) is 0.641. The number of rotatable bonds is 5. The van der Waals surface area contributed by atoms with Gasteiger partial charge in [-0.2, -0.15) is 13.2 Å². The Morgan fingerprint density at radius 1 is 1.28 bits per heavy atom. The molecule has 1 heterocycles. The van der Waals surface area contributed by atoms with Gasteiger partial charge in [-0.25, -0.2) is 4.39 Å². The van der Waals surface area contributed by atoms with Crippen LogP contribution in [0, 0.1) is 11.7 Å². The molecule has 29 heavy (non-hydrogen) atoms. The number of hydrogen-bond acceptors (Lipinski definition) is 2. The van der Waals surface area contributed by atoms with E-state index < -0.39 is 42.2 Å². The summed E-state index contributed by atoms with van der Waals surface area (Å²) in [7, 11) is 0. The van der Waals surface area contributed by atoms with Crippen LogP contribution in [0.3, 0.4) is 0 Å². The maximum absolute atomic E-state index is 13.7. The molecule has 0 saturated carbocycles. The van der Waals surface area contributed by atoms with E-state index in [1.807, 2.05) is 0 Å². The highest BCUT2D eigenvalue weighted by Gasteiger charge is 2.34. The average Bonchev–Trinajstić information content (AvgIpc) is 2.99. The van der Waals surface area contributed by atoms with E-state index in [0.717, 1.165) is 0 Å². The first-order valence-corrected chi connectivity index (χ1v) is 9.21. The second-order valence-corrected chi connectivity index (χ2v) is 7.29. The highest BCUT2D eigenvalue weighted by atomic mass is 35.5. The van der Waals surface area contributed by atoms with Crippen molar-refractivity contribution < 1.29 is 27.2 Å². The van der Waals surface area contributed by atoms with Crippen LogP contribution in [0.15, 0.2) is 36.4 Å². The first-order chi connectivity index (χ1) is 13.6. The van der Waals surface area contributed by atoms with Crippen molar-refractivity contribution in [2.24, 2.45) is 5.92 Å². The number of halogens is 5. The first kappa shape index (κ1) is 21.1. The monoisotopic (exact) mass is 428 g/mol. The number of anilines is 1. The fraction of sp³-hybridized carbons (Fsp3) is 0.300. The molecule has 154 valence electrons. The minimum atomic E-state index is -4.35. The van der Waals surface area contributed by atoms with Crippen molar-refractivity contribution in [3.8, 4) is 0 Å². The minimum absolute atomic E-state index is 0.226. The van der Waals surface area contributed by atoms with Crippen LogP contribution in [0.25, 0.3) is 0 Å². The van der Waals surface area contributed by atoms with Crippen LogP contribution in [0.4, 0.5) is 23.2 Å². The van der Waals surface area contributed by atoms with Gasteiger partial charge in [0, 0.05) is 39.7 Å². The molecule has 2 amide bonds. The summed E-state index contributed by atoms with van der Waals surface area (Å²) in [5.74, 6) is -2.47. The molecule has 0 unspecified atom stereocenters. The average molecular weight is 429 g/mol. The van der Waals surface area contributed by atoms with Gasteiger partial charge in [0.1, 0.15) is 5.82 Å². The minimum Gasteiger partial charge on any atom is -0.341 e. The lowest BCUT2D eigenvalue weighted by molar-refractivity contribution is -0.139. The smallest absolute Gasteiger partial charge is 0.341 e. The molecule has 0 bridgehead atoms. The third-order valence-corrected chi connectivity index (χ3v) is 5.09. The Kier molecular flexibility index (Phi) is 5.84. The summed E-state index contributed by atoms with van der Waals surface area (Å²) in [6, 6.07) is 7.55. The molecule has 2 atom stereocenters. The predicted octanol–water partition coefficient (Wildman–Crippen LogP) is 5.23. The standard InChI is InChI=1S/C20H17ClF4N2O2/c1-10(7-8-20(23,24)25)18(28)26-15-4-2-3-12-16(15)17(27-19(12)29)13-9-11(22)5-6-14(13)21/h2-6,9-10,17H,7-8H2,1H3,(H,26,28)(H,27,29)/t10-,17-/m0/s1. The number of alkyl halides is 3. The van der Waals surface area contributed by atoms with Crippen LogP contribution in [0.1, 0.15) is 47.3 Å². The molecule has 4 nitrogen and oxygen atoms in total. The summed E-state index contributed by atoms with van der Waals surface area (Å²) in [5.41, 5.74) is 1.23. The molecule has 3 rings (SSSR count). The molecular weight excluding hydrogens is 412 g/mol. The molecule has 0 radical (unpaired) electrons. The zero-order valence-electron chi connectivity index (χ0n) is 15.2. The van der Waals surface area contributed by atoms with Crippen LogP contribution < -0.4 is 10.6 Å². The van der Waals surface area contributed by atoms with Gasteiger partial charge >= 0.3 is 6.18 Å². The Balaban J connectivity index is 1.90. The molecule has 2 aromatic rings. The predicted molar refractivity (Wildman–Crippen MR) is 100 cm³/mol. The summed E-state index contributed by atoms with van der Waals surface area (Å²) in [6.07, 6.45) is -5.78. The number of fused-ring (bicyclic) bond motifs is 1. The number of hydrogen-bond donors (Lipinski definition) is 2. The van der Waals surface area contributed by atoms with E-state index in [-0.39, 0.29) is 22.7 Å². The van der Waals surface area contributed by atoms with E-state index in [9.17, 15) is 27.2 Å². The Hall–Kier alpha value is -2.61. The van der Waals surface area contributed by atoms with Crippen LogP contribution in [-0.2, 0) is 4.79 Å². The number of amides is 2. The molecular formula is C20H17ClF4N2O2. The van der Waals surface area contributed by atoms with E-state index in [2.05, 4.69) is 10.6 Å². The summed E-state index contributed by atoms with van der Waals surface area (Å²) in [5, 5.41) is 5.52. The van der Waals surface area contributed by atoms with E-state index in [1.165, 1.54) is 31.2 Å². The second kappa shape index (κ2) is 8.02. The van der Waals surface area contributed by atoms with Gasteiger partial charge in [0.05, 0.1) is 6.04 Å². The highest BCUT2D eigenvalue weighted by Crippen LogP contribution is 2.39. The van der Waals surface area contributed by atoms with Gasteiger partial charge in [-0.3, -0.25) is 9.59 Å². The van der Waals surface area contributed by atoms with Crippen LogP contribution >= 0.6 is 11.6 Å². The molecule has 1 aliphatic heterocycles. The van der Waals surface area contributed by atoms with E-state index in [0.29, 0.717) is 11.1 Å². The Morgan fingerprint density at radius 2 is 2.00 bits per heavy atom. The van der Waals surface area contributed by atoms with Crippen molar-refractivity contribution in [3.05, 3.63) is 63.9 Å². The van der Waals surface area contributed by atoms with Gasteiger partial charge in [0.15, 0.2) is 0 Å². The third kappa shape index (κ3) is 4.70. The van der Waals surface area contributed by atoms with E-state index >= 15 is 0 Å². The van der Waals surface area contributed by atoms with E-state index in [4.69, 9.17) is 11.6 Å². The summed E-state index contributed by atoms with van der Waals surface area (Å²) in [6.45, 7) is 1.40. The fourth-order valence-corrected chi connectivity index (χ4v) is 3.43. The number of carbonyl (C=O) groups is 2. The second-order valence-electron chi connectivity index (χ2n) is 6.88. The molecule has 0 spiro atoms. The summed E-state index contributed by atoms with van der Waals surface area (Å²) < 4.78 is 51.0. The van der Waals surface area contributed by atoms with Crippen molar-refractivity contribution >= 4 is 29.1 Å². The van der Waals surface area contributed by atoms with Gasteiger partial charge in [-0.15, -0.1) is 0 Å². The lowest BCUT2D eigenvalue weighted by Crippen LogP contribution is -2.24. The highest BCUT2D eigenvalue weighted by molar-refractivity contribution is 6.31. The number of nitrogens with one attached hydrogen (secondary N) is 2. The van der Waals surface area contributed by atoms with Gasteiger partial charge in [0.2, 0.25) is 5.91 Å². The van der Waals surface area contributed by atoms with Gasteiger partial charge < -0.3 is 10.6 Å². The lowest BCUT2D eigenvalue weighted by Gasteiger charge is -2.19.